The lowest BCUT2D eigenvalue weighted by molar-refractivity contribution is 0.418. The predicted molar refractivity (Wildman–Crippen MR) is 64.9 cm³/mol. The summed E-state index contributed by atoms with van der Waals surface area (Å²) in [5.41, 5.74) is 1.40. The van der Waals surface area contributed by atoms with Gasteiger partial charge >= 0.3 is 0 Å². The third kappa shape index (κ3) is 4.90. The van der Waals surface area contributed by atoms with E-state index in [1.807, 2.05) is 6.20 Å². The Morgan fingerprint density at radius 2 is 1.79 bits per heavy atom. The van der Waals surface area contributed by atoms with E-state index in [0.717, 1.165) is 0 Å². The highest BCUT2D eigenvalue weighted by Crippen LogP contribution is 2.08. The standard InChI is InChI=1S/C13H23N/c1-7-14(12(4)5)10-8-9-13(6)11(2)3/h7-12H,1H2,2-6H3/b10-8-,13-9+. The fraction of sp³-hybridized carbons (Fsp3) is 0.538. The molecule has 0 aromatic carbocycles. The summed E-state index contributed by atoms with van der Waals surface area (Å²) in [6.45, 7) is 14.6. The first kappa shape index (κ1) is 13.0. The number of hydrogen-bond donors (Lipinski definition) is 0. The zero-order chi connectivity index (χ0) is 11.1. The van der Waals surface area contributed by atoms with Crippen LogP contribution in [0.1, 0.15) is 34.6 Å². The molecule has 0 aliphatic rings. The Balaban J connectivity index is 4.29. The van der Waals surface area contributed by atoms with E-state index in [1.165, 1.54) is 5.57 Å². The minimum atomic E-state index is 0.469. The molecule has 0 aromatic heterocycles. The first-order valence-corrected chi connectivity index (χ1v) is 5.24. The molecule has 0 amide bonds. The first-order chi connectivity index (χ1) is 6.49. The van der Waals surface area contributed by atoms with Gasteiger partial charge in [-0.25, -0.2) is 0 Å². The van der Waals surface area contributed by atoms with Crippen molar-refractivity contribution in [3.63, 3.8) is 0 Å². The summed E-state index contributed by atoms with van der Waals surface area (Å²) < 4.78 is 0. The Labute approximate surface area is 88.8 Å². The Kier molecular flexibility index (Phi) is 6.02. The summed E-state index contributed by atoms with van der Waals surface area (Å²) in [4.78, 5) is 2.09. The highest BCUT2D eigenvalue weighted by molar-refractivity contribution is 5.12. The van der Waals surface area contributed by atoms with Gasteiger partial charge < -0.3 is 4.90 Å². The monoisotopic (exact) mass is 193 g/mol. The van der Waals surface area contributed by atoms with Crippen LogP contribution in [0.4, 0.5) is 0 Å². The van der Waals surface area contributed by atoms with Crippen LogP contribution in [0.3, 0.4) is 0 Å². The second-order valence-electron chi connectivity index (χ2n) is 4.13. The predicted octanol–water partition coefficient (Wildman–Crippen LogP) is 3.96. The van der Waals surface area contributed by atoms with Gasteiger partial charge in [0.2, 0.25) is 0 Å². The van der Waals surface area contributed by atoms with E-state index >= 15 is 0 Å². The van der Waals surface area contributed by atoms with Crippen molar-refractivity contribution in [1.29, 1.82) is 0 Å². The van der Waals surface area contributed by atoms with E-state index in [-0.39, 0.29) is 0 Å². The maximum atomic E-state index is 3.77. The number of rotatable bonds is 5. The molecule has 0 heterocycles. The molecule has 0 aromatic rings. The van der Waals surface area contributed by atoms with Crippen LogP contribution >= 0.6 is 0 Å². The van der Waals surface area contributed by atoms with E-state index in [1.54, 1.807) is 0 Å². The van der Waals surface area contributed by atoms with Gasteiger partial charge in [-0.3, -0.25) is 0 Å². The maximum absolute atomic E-state index is 3.77. The van der Waals surface area contributed by atoms with E-state index in [4.69, 9.17) is 0 Å². The summed E-state index contributed by atoms with van der Waals surface area (Å²) >= 11 is 0. The summed E-state index contributed by atoms with van der Waals surface area (Å²) in [6.07, 6.45) is 8.14. The molecular weight excluding hydrogens is 170 g/mol. The summed E-state index contributed by atoms with van der Waals surface area (Å²) in [7, 11) is 0. The van der Waals surface area contributed by atoms with Crippen molar-refractivity contribution in [3.8, 4) is 0 Å². The fourth-order valence-corrected chi connectivity index (χ4v) is 0.930. The summed E-state index contributed by atoms with van der Waals surface area (Å²) in [6, 6.07) is 0.469. The molecular formula is C13H23N. The van der Waals surface area contributed by atoms with Gasteiger partial charge in [-0.15, -0.1) is 0 Å². The second kappa shape index (κ2) is 6.47. The molecule has 0 fully saturated rings. The average Bonchev–Trinajstić information content (AvgIpc) is 2.11. The highest BCUT2D eigenvalue weighted by atomic mass is 15.1. The van der Waals surface area contributed by atoms with E-state index in [2.05, 4.69) is 64.4 Å². The van der Waals surface area contributed by atoms with E-state index < -0.39 is 0 Å². The zero-order valence-electron chi connectivity index (χ0n) is 10.1. The molecule has 0 aliphatic carbocycles. The molecule has 0 radical (unpaired) electrons. The number of hydrogen-bond acceptors (Lipinski definition) is 1. The quantitative estimate of drug-likeness (QED) is 0.597. The van der Waals surface area contributed by atoms with Gasteiger partial charge in [0, 0.05) is 12.2 Å². The zero-order valence-corrected chi connectivity index (χ0v) is 10.1. The topological polar surface area (TPSA) is 3.24 Å². The molecule has 0 aliphatic heterocycles. The lowest BCUT2D eigenvalue weighted by atomic mass is 10.1. The third-order valence-electron chi connectivity index (χ3n) is 2.34. The smallest absolute Gasteiger partial charge is 0.0273 e. The van der Waals surface area contributed by atoms with Crippen LogP contribution in [-0.2, 0) is 0 Å². The third-order valence-corrected chi connectivity index (χ3v) is 2.34. The molecule has 1 nitrogen and oxygen atoms in total. The number of nitrogens with zero attached hydrogens (tertiary/aromatic N) is 1. The van der Waals surface area contributed by atoms with Crippen molar-refractivity contribution in [2.75, 3.05) is 0 Å². The van der Waals surface area contributed by atoms with Gasteiger partial charge in [-0.2, -0.15) is 0 Å². The Morgan fingerprint density at radius 3 is 2.14 bits per heavy atom. The molecule has 0 unspecified atom stereocenters. The lowest BCUT2D eigenvalue weighted by Gasteiger charge is -2.19. The molecule has 0 spiro atoms. The van der Waals surface area contributed by atoms with Gasteiger partial charge in [-0.05, 0) is 39.0 Å². The summed E-state index contributed by atoms with van der Waals surface area (Å²) in [5, 5.41) is 0. The second-order valence-corrected chi connectivity index (χ2v) is 4.13. The molecule has 14 heavy (non-hydrogen) atoms. The van der Waals surface area contributed by atoms with Crippen molar-refractivity contribution in [3.05, 3.63) is 36.7 Å². The largest absolute Gasteiger partial charge is 0.352 e. The molecule has 0 rings (SSSR count). The van der Waals surface area contributed by atoms with Gasteiger partial charge in [0.15, 0.2) is 0 Å². The van der Waals surface area contributed by atoms with Gasteiger partial charge in [0.25, 0.3) is 0 Å². The molecule has 0 bridgehead atoms. The first-order valence-electron chi connectivity index (χ1n) is 5.24. The van der Waals surface area contributed by atoms with Crippen molar-refractivity contribution < 1.29 is 0 Å². The van der Waals surface area contributed by atoms with Crippen molar-refractivity contribution >= 4 is 0 Å². The van der Waals surface area contributed by atoms with Gasteiger partial charge in [0.1, 0.15) is 0 Å². The summed E-state index contributed by atoms with van der Waals surface area (Å²) in [5.74, 6) is 0.621. The van der Waals surface area contributed by atoms with Crippen LogP contribution in [0.25, 0.3) is 0 Å². The number of allylic oxidation sites excluding steroid dienone is 3. The van der Waals surface area contributed by atoms with Gasteiger partial charge in [0.05, 0.1) is 0 Å². The Morgan fingerprint density at radius 1 is 1.21 bits per heavy atom. The van der Waals surface area contributed by atoms with Crippen molar-refractivity contribution in [2.45, 2.75) is 40.7 Å². The normalized spacial score (nSPS) is 12.9. The maximum Gasteiger partial charge on any atom is 0.0273 e. The van der Waals surface area contributed by atoms with E-state index in [9.17, 15) is 0 Å². The highest BCUT2D eigenvalue weighted by Gasteiger charge is 1.97. The molecule has 0 saturated carbocycles. The van der Waals surface area contributed by atoms with Gasteiger partial charge in [-0.1, -0.05) is 32.1 Å². The molecule has 0 N–H and O–H groups in total. The Hall–Kier alpha value is -0.980. The molecule has 1 heteroatoms. The van der Waals surface area contributed by atoms with Crippen LogP contribution in [-0.4, -0.2) is 10.9 Å². The van der Waals surface area contributed by atoms with Crippen LogP contribution in [0.15, 0.2) is 36.7 Å². The Bertz CT molecular complexity index is 221. The molecule has 80 valence electrons. The molecule has 0 saturated heterocycles. The molecule has 0 atom stereocenters. The van der Waals surface area contributed by atoms with E-state index in [0.29, 0.717) is 12.0 Å². The van der Waals surface area contributed by atoms with Crippen molar-refractivity contribution in [1.82, 2.24) is 4.90 Å². The fourth-order valence-electron chi connectivity index (χ4n) is 0.930. The van der Waals surface area contributed by atoms with Crippen molar-refractivity contribution in [2.24, 2.45) is 5.92 Å². The van der Waals surface area contributed by atoms with Crippen LogP contribution in [0.2, 0.25) is 0 Å². The van der Waals surface area contributed by atoms with Crippen LogP contribution < -0.4 is 0 Å². The van der Waals surface area contributed by atoms with Crippen LogP contribution in [0, 0.1) is 5.92 Å². The minimum absolute atomic E-state index is 0.469. The average molecular weight is 193 g/mol. The lowest BCUT2D eigenvalue weighted by Crippen LogP contribution is -2.18. The van der Waals surface area contributed by atoms with Crippen LogP contribution in [0.5, 0.6) is 0 Å². The SMILES string of the molecule is C=CN(/C=C\C=C(/C)C(C)C)C(C)C. The minimum Gasteiger partial charge on any atom is -0.352 e.